The van der Waals surface area contributed by atoms with Gasteiger partial charge in [-0.3, -0.25) is 0 Å². The van der Waals surface area contributed by atoms with Gasteiger partial charge in [0.05, 0.1) is 0 Å². The van der Waals surface area contributed by atoms with Crippen molar-refractivity contribution in [2.45, 2.75) is 13.8 Å². The number of halogens is 1. The monoisotopic (exact) mass is 230 g/mol. The molecule has 0 N–H and O–H groups in total. The number of hydrogen-bond donors (Lipinski definition) is 0. The fourth-order valence-electron chi connectivity index (χ4n) is 2.26. The minimum absolute atomic E-state index is 0.709. The Labute approximate surface area is 98.6 Å². The van der Waals surface area contributed by atoms with Gasteiger partial charge in [-0.1, -0.05) is 17.7 Å². The molecule has 0 unspecified atom stereocenters. The molecule has 0 spiro atoms. The summed E-state index contributed by atoms with van der Waals surface area (Å²) >= 11 is 5.96. The second-order valence-corrected chi connectivity index (χ2v) is 4.63. The van der Waals surface area contributed by atoms with E-state index in [-0.39, 0.29) is 0 Å². The van der Waals surface area contributed by atoms with E-state index in [2.05, 4.69) is 26.0 Å². The minimum atomic E-state index is 0.709. The van der Waals surface area contributed by atoms with Crippen LogP contribution in [0.4, 0.5) is 0 Å². The summed E-state index contributed by atoms with van der Waals surface area (Å²) in [5.41, 5.74) is 4.26. The summed E-state index contributed by atoms with van der Waals surface area (Å²) in [6.07, 6.45) is 0. The van der Waals surface area contributed by atoms with Crippen LogP contribution in [0.2, 0.25) is 5.02 Å². The molecule has 0 amide bonds. The van der Waals surface area contributed by atoms with Crippen molar-refractivity contribution >= 4 is 33.5 Å². The number of rotatable bonds is 0. The predicted molar refractivity (Wildman–Crippen MR) is 68.2 cm³/mol. The average Bonchev–Trinajstić information content (AvgIpc) is 2.54. The standard InChI is InChI=1S/C14H11ClO/c1-8-5-9(2)14-11-4-3-10(15)7-12(11)16-13(14)6-8/h3-7H,1-2H3. The Hall–Kier alpha value is -1.47. The summed E-state index contributed by atoms with van der Waals surface area (Å²) < 4.78 is 5.81. The maximum Gasteiger partial charge on any atom is 0.136 e. The van der Waals surface area contributed by atoms with Gasteiger partial charge in [0, 0.05) is 21.9 Å². The molecular formula is C14H11ClO. The Morgan fingerprint density at radius 1 is 1.00 bits per heavy atom. The SMILES string of the molecule is Cc1cc(C)c2c(c1)oc1cc(Cl)ccc12. The first kappa shape index (κ1) is 9.73. The highest BCUT2D eigenvalue weighted by Crippen LogP contribution is 2.33. The topological polar surface area (TPSA) is 13.1 Å². The smallest absolute Gasteiger partial charge is 0.136 e. The molecule has 2 aromatic carbocycles. The maximum atomic E-state index is 5.96. The third-order valence-corrected chi connectivity index (χ3v) is 3.11. The van der Waals surface area contributed by atoms with Gasteiger partial charge in [-0.25, -0.2) is 0 Å². The molecular weight excluding hydrogens is 220 g/mol. The van der Waals surface area contributed by atoms with Gasteiger partial charge in [-0.2, -0.15) is 0 Å². The van der Waals surface area contributed by atoms with Crippen LogP contribution in [0, 0.1) is 13.8 Å². The first-order valence-electron chi connectivity index (χ1n) is 5.24. The van der Waals surface area contributed by atoms with Crippen molar-refractivity contribution in [2.24, 2.45) is 0 Å². The third-order valence-electron chi connectivity index (χ3n) is 2.88. The summed E-state index contributed by atoms with van der Waals surface area (Å²) in [6.45, 7) is 4.19. The molecule has 0 radical (unpaired) electrons. The Balaban J connectivity index is 2.56. The van der Waals surface area contributed by atoms with Crippen LogP contribution in [0.15, 0.2) is 34.7 Å². The lowest BCUT2D eigenvalue weighted by Gasteiger charge is -1.97. The van der Waals surface area contributed by atoms with Gasteiger partial charge in [0.25, 0.3) is 0 Å². The van der Waals surface area contributed by atoms with Crippen LogP contribution < -0.4 is 0 Å². The molecule has 16 heavy (non-hydrogen) atoms. The van der Waals surface area contributed by atoms with Crippen molar-refractivity contribution in [1.29, 1.82) is 0 Å². The number of fused-ring (bicyclic) bond motifs is 3. The van der Waals surface area contributed by atoms with Crippen LogP contribution >= 0.6 is 11.6 Å². The Morgan fingerprint density at radius 3 is 2.62 bits per heavy atom. The normalized spacial score (nSPS) is 11.4. The van der Waals surface area contributed by atoms with Crippen molar-refractivity contribution in [1.82, 2.24) is 0 Å². The highest BCUT2D eigenvalue weighted by atomic mass is 35.5. The van der Waals surface area contributed by atoms with E-state index in [1.807, 2.05) is 18.2 Å². The number of benzene rings is 2. The van der Waals surface area contributed by atoms with E-state index in [1.54, 1.807) is 0 Å². The Morgan fingerprint density at radius 2 is 1.81 bits per heavy atom. The molecule has 0 atom stereocenters. The third kappa shape index (κ3) is 1.32. The summed E-state index contributed by atoms with van der Waals surface area (Å²) in [4.78, 5) is 0. The zero-order valence-corrected chi connectivity index (χ0v) is 9.93. The number of aryl methyl sites for hydroxylation is 2. The maximum absolute atomic E-state index is 5.96. The van der Waals surface area contributed by atoms with Crippen LogP contribution in [0.25, 0.3) is 21.9 Å². The lowest BCUT2D eigenvalue weighted by Crippen LogP contribution is -1.77. The molecule has 3 aromatic rings. The van der Waals surface area contributed by atoms with Crippen LogP contribution in [0.5, 0.6) is 0 Å². The number of hydrogen-bond acceptors (Lipinski definition) is 1. The molecule has 0 fully saturated rings. The van der Waals surface area contributed by atoms with E-state index in [1.165, 1.54) is 16.5 Å². The van der Waals surface area contributed by atoms with Crippen molar-refractivity contribution in [3.05, 3.63) is 46.5 Å². The molecule has 0 saturated heterocycles. The van der Waals surface area contributed by atoms with Crippen LogP contribution in [0.1, 0.15) is 11.1 Å². The zero-order chi connectivity index (χ0) is 11.3. The van der Waals surface area contributed by atoms with Gasteiger partial charge in [0.15, 0.2) is 0 Å². The van der Waals surface area contributed by atoms with Gasteiger partial charge in [-0.15, -0.1) is 0 Å². The van der Waals surface area contributed by atoms with E-state index in [0.29, 0.717) is 5.02 Å². The molecule has 1 heterocycles. The van der Waals surface area contributed by atoms with Crippen LogP contribution in [-0.2, 0) is 0 Å². The van der Waals surface area contributed by atoms with E-state index >= 15 is 0 Å². The highest BCUT2D eigenvalue weighted by molar-refractivity contribution is 6.31. The highest BCUT2D eigenvalue weighted by Gasteiger charge is 2.09. The zero-order valence-electron chi connectivity index (χ0n) is 9.17. The first-order valence-corrected chi connectivity index (χ1v) is 5.62. The number of furan rings is 1. The average molecular weight is 231 g/mol. The van der Waals surface area contributed by atoms with E-state index in [0.717, 1.165) is 16.6 Å². The molecule has 0 aliphatic carbocycles. The summed E-state index contributed by atoms with van der Waals surface area (Å²) in [7, 11) is 0. The summed E-state index contributed by atoms with van der Waals surface area (Å²) in [6, 6.07) is 10.0. The first-order chi connectivity index (χ1) is 7.65. The predicted octanol–water partition coefficient (Wildman–Crippen LogP) is 4.86. The van der Waals surface area contributed by atoms with E-state index in [4.69, 9.17) is 16.0 Å². The second kappa shape index (κ2) is 3.26. The fourth-order valence-corrected chi connectivity index (χ4v) is 2.42. The molecule has 0 bridgehead atoms. The lowest BCUT2D eigenvalue weighted by molar-refractivity contribution is 0.668. The van der Waals surface area contributed by atoms with Crippen molar-refractivity contribution in [2.75, 3.05) is 0 Å². The van der Waals surface area contributed by atoms with E-state index in [9.17, 15) is 0 Å². The van der Waals surface area contributed by atoms with Crippen LogP contribution in [-0.4, -0.2) is 0 Å². The molecule has 2 heteroatoms. The molecule has 0 saturated carbocycles. The van der Waals surface area contributed by atoms with Gasteiger partial charge >= 0.3 is 0 Å². The Kier molecular flexibility index (Phi) is 1.98. The fraction of sp³-hybridized carbons (Fsp3) is 0.143. The van der Waals surface area contributed by atoms with Gasteiger partial charge in [0.1, 0.15) is 11.2 Å². The molecule has 0 aliphatic heterocycles. The summed E-state index contributed by atoms with van der Waals surface area (Å²) in [5, 5.41) is 3.04. The molecule has 1 aromatic heterocycles. The quantitative estimate of drug-likeness (QED) is 0.538. The second-order valence-electron chi connectivity index (χ2n) is 4.20. The molecule has 3 rings (SSSR count). The molecule has 80 valence electrons. The van der Waals surface area contributed by atoms with Crippen LogP contribution in [0.3, 0.4) is 0 Å². The molecule has 1 nitrogen and oxygen atoms in total. The van der Waals surface area contributed by atoms with Gasteiger partial charge in [-0.05, 0) is 43.2 Å². The van der Waals surface area contributed by atoms with Crippen molar-refractivity contribution in [3.63, 3.8) is 0 Å². The lowest BCUT2D eigenvalue weighted by atomic mass is 10.1. The Bertz CT molecular complexity index is 695. The van der Waals surface area contributed by atoms with Crippen molar-refractivity contribution < 1.29 is 4.42 Å². The van der Waals surface area contributed by atoms with E-state index < -0.39 is 0 Å². The van der Waals surface area contributed by atoms with Gasteiger partial charge < -0.3 is 4.42 Å². The largest absolute Gasteiger partial charge is 0.456 e. The van der Waals surface area contributed by atoms with Crippen molar-refractivity contribution in [3.8, 4) is 0 Å². The summed E-state index contributed by atoms with van der Waals surface area (Å²) in [5.74, 6) is 0. The van der Waals surface area contributed by atoms with Gasteiger partial charge in [0.2, 0.25) is 0 Å². The minimum Gasteiger partial charge on any atom is -0.456 e. The molecule has 0 aliphatic rings.